The summed E-state index contributed by atoms with van der Waals surface area (Å²) in [7, 11) is -1.59. The molecular weight excluding hydrogens is 452 g/mol. The van der Waals surface area contributed by atoms with Gasteiger partial charge in [0.1, 0.15) is 5.03 Å². The maximum Gasteiger partial charge on any atom is 0.337 e. The third-order valence-corrected chi connectivity index (χ3v) is 7.28. The molecule has 0 aliphatic carbocycles. The van der Waals surface area contributed by atoms with E-state index < -0.39 is 39.6 Å². The molecule has 3 rings (SSSR count). The fraction of sp³-hybridized carbons (Fsp3) is 0.222. The van der Waals surface area contributed by atoms with E-state index in [0.717, 1.165) is 16.3 Å². The van der Waals surface area contributed by atoms with Gasteiger partial charge in [-0.25, -0.2) is 9.78 Å². The van der Waals surface area contributed by atoms with Gasteiger partial charge in [0.05, 0.1) is 12.8 Å². The number of nitrogens with zero attached hydrogens (tertiary/aromatic N) is 2. The second-order valence-corrected chi connectivity index (χ2v) is 10.1. The predicted octanol–water partition coefficient (Wildman–Crippen LogP) is 2.04. The normalized spacial score (nSPS) is 16.7. The number of hydrogen-bond donors (Lipinski definition) is 1. The lowest BCUT2D eigenvalue weighted by Gasteiger charge is -2.13. The molecule has 158 valence electrons. The molecule has 2 aromatic rings. The van der Waals surface area contributed by atoms with Gasteiger partial charge in [-0.15, -0.1) is 5.06 Å². The molecule has 1 aliphatic heterocycles. The number of rotatable bonds is 8. The molecule has 0 saturated carbocycles. The van der Waals surface area contributed by atoms with Crippen LogP contribution in [0.4, 0.5) is 0 Å². The molecule has 1 fully saturated rings. The second kappa shape index (κ2) is 9.60. The molecule has 30 heavy (non-hydrogen) atoms. The van der Waals surface area contributed by atoms with Gasteiger partial charge in [-0.2, -0.15) is 8.42 Å². The number of pyridine rings is 1. The molecule has 1 atom stereocenters. The van der Waals surface area contributed by atoms with Crippen molar-refractivity contribution < 1.29 is 32.2 Å². The molecule has 1 unspecified atom stereocenters. The van der Waals surface area contributed by atoms with Gasteiger partial charge in [0.25, 0.3) is 21.9 Å². The van der Waals surface area contributed by atoms with E-state index in [-0.39, 0.29) is 11.5 Å². The standard InChI is InChI=1S/C18H16N2O7S3/c21-16-10-14(30(24,25)26)18(23)20(16)27-17(22)9-12-4-6-13(7-5-12)11-28-29-15-3-1-2-8-19-15/h1-8,14H,9-11H2,(H,24,25,26). The molecule has 1 aliphatic rings. The molecule has 1 saturated heterocycles. The van der Waals surface area contributed by atoms with Gasteiger partial charge in [-0.05, 0) is 34.1 Å². The van der Waals surface area contributed by atoms with Crippen molar-refractivity contribution in [2.75, 3.05) is 0 Å². The van der Waals surface area contributed by atoms with Crippen molar-refractivity contribution in [1.29, 1.82) is 0 Å². The van der Waals surface area contributed by atoms with Crippen molar-refractivity contribution in [1.82, 2.24) is 10.0 Å². The third-order valence-electron chi connectivity index (χ3n) is 3.99. The fourth-order valence-corrected chi connectivity index (χ4v) is 5.21. The lowest BCUT2D eigenvalue weighted by molar-refractivity contribution is -0.196. The zero-order valence-corrected chi connectivity index (χ0v) is 17.8. The monoisotopic (exact) mass is 468 g/mol. The van der Waals surface area contributed by atoms with Crippen LogP contribution in [-0.2, 0) is 41.5 Å². The first-order chi connectivity index (χ1) is 14.2. The van der Waals surface area contributed by atoms with Crippen LogP contribution >= 0.6 is 21.6 Å². The number of imide groups is 1. The molecule has 1 N–H and O–H groups in total. The third kappa shape index (κ3) is 5.81. The minimum atomic E-state index is -4.75. The second-order valence-electron chi connectivity index (χ2n) is 6.20. The molecular formula is C18H16N2O7S3. The van der Waals surface area contributed by atoms with Crippen molar-refractivity contribution in [3.05, 3.63) is 59.8 Å². The number of carbonyl (C=O) groups is 3. The van der Waals surface area contributed by atoms with E-state index >= 15 is 0 Å². The topological polar surface area (TPSA) is 131 Å². The van der Waals surface area contributed by atoms with Crippen LogP contribution in [0.1, 0.15) is 17.5 Å². The molecule has 1 aromatic carbocycles. The van der Waals surface area contributed by atoms with E-state index in [1.165, 1.54) is 0 Å². The van der Waals surface area contributed by atoms with Crippen LogP contribution in [0.15, 0.2) is 53.7 Å². The van der Waals surface area contributed by atoms with Crippen LogP contribution in [0.25, 0.3) is 0 Å². The lowest BCUT2D eigenvalue weighted by Crippen LogP contribution is -2.37. The molecule has 0 spiro atoms. The summed E-state index contributed by atoms with van der Waals surface area (Å²) in [5.41, 5.74) is 1.62. The van der Waals surface area contributed by atoms with Crippen LogP contribution in [0, 0.1) is 0 Å². The Hall–Kier alpha value is -2.41. The van der Waals surface area contributed by atoms with E-state index in [0.29, 0.717) is 5.56 Å². The van der Waals surface area contributed by atoms with Gasteiger partial charge in [-0.1, -0.05) is 41.1 Å². The number of amides is 2. The number of hydroxylamine groups is 2. The Morgan fingerprint density at radius 2 is 1.87 bits per heavy atom. The van der Waals surface area contributed by atoms with Crippen molar-refractivity contribution in [2.24, 2.45) is 0 Å². The fourth-order valence-electron chi connectivity index (χ4n) is 2.52. The highest BCUT2D eigenvalue weighted by atomic mass is 33.1. The van der Waals surface area contributed by atoms with Crippen molar-refractivity contribution >= 4 is 49.5 Å². The predicted molar refractivity (Wildman–Crippen MR) is 109 cm³/mol. The highest BCUT2D eigenvalue weighted by Crippen LogP contribution is 2.32. The van der Waals surface area contributed by atoms with Crippen LogP contribution in [-0.4, -0.2) is 46.1 Å². The number of aromatic nitrogens is 1. The van der Waals surface area contributed by atoms with Gasteiger partial charge in [0, 0.05) is 11.9 Å². The molecule has 0 radical (unpaired) electrons. The summed E-state index contributed by atoms with van der Waals surface area (Å²) in [6.45, 7) is 0. The van der Waals surface area contributed by atoms with Gasteiger partial charge in [0.15, 0.2) is 5.25 Å². The largest absolute Gasteiger partial charge is 0.337 e. The van der Waals surface area contributed by atoms with Gasteiger partial charge in [0.2, 0.25) is 0 Å². The van der Waals surface area contributed by atoms with E-state index in [4.69, 9.17) is 9.39 Å². The zero-order chi connectivity index (χ0) is 21.7. The quantitative estimate of drug-likeness (QED) is 0.349. The van der Waals surface area contributed by atoms with Crippen molar-refractivity contribution in [3.63, 3.8) is 0 Å². The minimum absolute atomic E-state index is 0.0978. The Labute approximate surface area is 180 Å². The lowest BCUT2D eigenvalue weighted by atomic mass is 10.1. The first-order valence-electron chi connectivity index (χ1n) is 8.56. The Kier molecular flexibility index (Phi) is 7.13. The van der Waals surface area contributed by atoms with Gasteiger partial charge >= 0.3 is 5.97 Å². The highest BCUT2D eigenvalue weighted by Gasteiger charge is 2.48. The summed E-state index contributed by atoms with van der Waals surface area (Å²) in [6, 6.07) is 12.8. The molecule has 2 heterocycles. The first-order valence-corrected chi connectivity index (χ1v) is 12.4. The Morgan fingerprint density at radius 1 is 1.17 bits per heavy atom. The van der Waals surface area contributed by atoms with E-state index in [9.17, 15) is 22.8 Å². The Morgan fingerprint density at radius 3 is 2.47 bits per heavy atom. The molecule has 9 nitrogen and oxygen atoms in total. The maximum atomic E-state index is 12.0. The summed E-state index contributed by atoms with van der Waals surface area (Å²) in [4.78, 5) is 44.6. The van der Waals surface area contributed by atoms with E-state index in [2.05, 4.69) is 4.98 Å². The average molecular weight is 469 g/mol. The molecule has 2 amide bonds. The number of benzene rings is 1. The van der Waals surface area contributed by atoms with E-state index in [1.54, 1.807) is 39.9 Å². The SMILES string of the molecule is O=C(Cc1ccc(CSSc2ccccn2)cc1)ON1C(=O)CC(S(=O)(=O)O)C1=O. The van der Waals surface area contributed by atoms with Gasteiger partial charge in [-0.3, -0.25) is 14.1 Å². The number of hydrogen-bond acceptors (Lipinski definition) is 9. The molecule has 12 heteroatoms. The number of carbonyl (C=O) groups excluding carboxylic acids is 3. The summed E-state index contributed by atoms with van der Waals surface area (Å²) in [5, 5.41) is -0.941. The summed E-state index contributed by atoms with van der Waals surface area (Å²) in [6.07, 6.45) is 0.737. The van der Waals surface area contributed by atoms with Crippen molar-refractivity contribution in [2.45, 2.75) is 28.9 Å². The van der Waals surface area contributed by atoms with Crippen LogP contribution < -0.4 is 0 Å². The van der Waals surface area contributed by atoms with Crippen LogP contribution in [0.3, 0.4) is 0 Å². The minimum Gasteiger partial charge on any atom is -0.330 e. The Balaban J connectivity index is 1.50. The summed E-state index contributed by atoms with van der Waals surface area (Å²) >= 11 is 0. The maximum absolute atomic E-state index is 12.0. The smallest absolute Gasteiger partial charge is 0.330 e. The van der Waals surface area contributed by atoms with E-state index in [1.807, 2.05) is 30.3 Å². The van der Waals surface area contributed by atoms with Gasteiger partial charge < -0.3 is 4.84 Å². The van der Waals surface area contributed by atoms with Crippen LogP contribution in [0.2, 0.25) is 0 Å². The molecule has 1 aromatic heterocycles. The highest BCUT2D eigenvalue weighted by molar-refractivity contribution is 8.76. The first kappa shape index (κ1) is 22.3. The Bertz CT molecular complexity index is 1040. The summed E-state index contributed by atoms with van der Waals surface area (Å²) < 4.78 is 31.2. The zero-order valence-electron chi connectivity index (χ0n) is 15.3. The van der Waals surface area contributed by atoms with Crippen LogP contribution in [0.5, 0.6) is 0 Å². The summed E-state index contributed by atoms with van der Waals surface area (Å²) in [5.74, 6) is -2.47. The van der Waals surface area contributed by atoms with Crippen molar-refractivity contribution in [3.8, 4) is 0 Å². The molecule has 0 bridgehead atoms. The average Bonchev–Trinajstić information content (AvgIpc) is 2.99.